The van der Waals surface area contributed by atoms with Crippen LogP contribution in [0.25, 0.3) is 22.3 Å². The van der Waals surface area contributed by atoms with Crippen molar-refractivity contribution >= 4 is 46.2 Å². The van der Waals surface area contributed by atoms with E-state index >= 15 is 0 Å². The van der Waals surface area contributed by atoms with Gasteiger partial charge >= 0.3 is 23.9 Å². The van der Waals surface area contributed by atoms with E-state index in [-0.39, 0.29) is 36.5 Å². The minimum absolute atomic E-state index is 0.0651. The predicted octanol–water partition coefficient (Wildman–Crippen LogP) is 17.9. The van der Waals surface area contributed by atoms with Gasteiger partial charge in [0.05, 0.1) is 49.6 Å². The fraction of sp³-hybridized carbons (Fsp3) is 0.400. The van der Waals surface area contributed by atoms with Crippen molar-refractivity contribution in [3.8, 4) is 40.2 Å². The number of aliphatic carboxylic acids is 4. The minimum Gasteiger partial charge on any atom is -0.497 e. The molecule has 6 fully saturated rings. The number of aliphatic hydroxyl groups is 1. The minimum atomic E-state index is -0.795. The zero-order chi connectivity index (χ0) is 87.5. The molecule has 0 amide bonds. The van der Waals surface area contributed by atoms with E-state index in [1.54, 1.807) is 79.4 Å². The number of benzene rings is 8. The Bertz CT molecular complexity index is 5230. The smallest absolute Gasteiger partial charge is 0.310 e. The summed E-state index contributed by atoms with van der Waals surface area (Å²) in [4.78, 5) is 55.1. The lowest BCUT2D eigenvalue weighted by Crippen LogP contribution is -2.42. The van der Waals surface area contributed by atoms with Crippen LogP contribution >= 0.6 is 0 Å². The molecule has 20 nitrogen and oxygen atoms in total. The quantitative estimate of drug-likeness (QED) is 0.0564. The summed E-state index contributed by atoms with van der Waals surface area (Å²) in [5.74, 6) is 0.933. The molecule has 10 aliphatic rings. The normalized spacial score (nSPS) is 18.3. The number of methoxy groups -OCH3 is 3. The lowest BCUT2D eigenvalue weighted by Gasteiger charge is -2.34. The molecular formula is C100H108F4N4O16. The van der Waals surface area contributed by atoms with Crippen LogP contribution in [0.3, 0.4) is 0 Å². The SMILES string of the molecule is COc1ccc2c(c1)C(=C1CCN(CC(C)(C)C(=O)O)CC1)c1cc(F)ccc1OC2.COc1ccc2c(c1)C(=C1CCN(CC3(C(=O)O)CC3)CC1)c1cc(F)ccc1OC2.COc1ccc2c(c1)OCc1cc(F)ccc1C2=C1CCN(CC(C)(C)C(=O)O)CC1.O=C(O)C1(CN2CCC(=C3c4ccc(F)cc4COc4cc(CO)ccc43)CC2)CC1. The van der Waals surface area contributed by atoms with E-state index in [0.29, 0.717) is 69.0 Å². The van der Waals surface area contributed by atoms with Gasteiger partial charge in [-0.15, -0.1) is 0 Å². The van der Waals surface area contributed by atoms with Crippen molar-refractivity contribution in [1.82, 2.24) is 19.6 Å². The summed E-state index contributed by atoms with van der Waals surface area (Å²) < 4.78 is 96.9. The number of carboxylic acids is 4. The van der Waals surface area contributed by atoms with Crippen LogP contribution < -0.4 is 33.2 Å². The van der Waals surface area contributed by atoms with Crippen LogP contribution in [-0.2, 0) is 52.2 Å². The molecule has 4 saturated heterocycles. The van der Waals surface area contributed by atoms with Crippen molar-refractivity contribution in [2.45, 2.75) is 138 Å². The second-order valence-corrected chi connectivity index (χ2v) is 35.5. The van der Waals surface area contributed by atoms with Gasteiger partial charge in [0.1, 0.15) is 89.9 Å². The molecule has 0 aromatic heterocycles. The molecule has 0 spiro atoms. The number of fused-ring (bicyclic) bond motifs is 8. The first-order chi connectivity index (χ1) is 59.5. The van der Waals surface area contributed by atoms with Crippen LogP contribution in [0.5, 0.6) is 40.2 Å². The lowest BCUT2D eigenvalue weighted by molar-refractivity contribution is -0.148. The van der Waals surface area contributed by atoms with E-state index in [1.807, 2.05) is 84.9 Å². The number of likely N-dealkylation sites (tertiary alicyclic amines) is 4. The highest BCUT2D eigenvalue weighted by atomic mass is 19.1. The molecule has 8 heterocycles. The fourth-order valence-corrected chi connectivity index (χ4v) is 18.5. The van der Waals surface area contributed by atoms with Gasteiger partial charge in [-0.1, -0.05) is 58.7 Å². The summed E-state index contributed by atoms with van der Waals surface area (Å²) in [6.45, 7) is 17.0. The highest BCUT2D eigenvalue weighted by Crippen LogP contribution is 2.52. The summed E-state index contributed by atoms with van der Waals surface area (Å²) in [5.41, 5.74) is 18.6. The number of hydrogen-bond donors (Lipinski definition) is 5. The first kappa shape index (κ1) is 87.6. The Hall–Kier alpha value is -11.3. The first-order valence-electron chi connectivity index (χ1n) is 42.7. The van der Waals surface area contributed by atoms with Crippen LogP contribution in [0.4, 0.5) is 17.6 Å². The number of hydrogen-bond acceptors (Lipinski definition) is 16. The number of piperidine rings is 4. The summed E-state index contributed by atoms with van der Waals surface area (Å²) in [6, 6.07) is 42.5. The zero-order valence-corrected chi connectivity index (χ0v) is 71.4. The van der Waals surface area contributed by atoms with Crippen molar-refractivity contribution in [1.29, 1.82) is 0 Å². The maximum atomic E-state index is 14.3. The third kappa shape index (κ3) is 19.3. The maximum absolute atomic E-state index is 14.3. The van der Waals surface area contributed by atoms with E-state index in [2.05, 4.69) is 19.6 Å². The van der Waals surface area contributed by atoms with Crippen molar-refractivity contribution in [3.63, 3.8) is 0 Å². The number of rotatable bonds is 16. The molecule has 652 valence electrons. The Morgan fingerprint density at radius 2 is 0.669 bits per heavy atom. The van der Waals surface area contributed by atoms with Gasteiger partial charge in [-0.05, 0) is 269 Å². The van der Waals surface area contributed by atoms with E-state index in [1.165, 1.54) is 52.6 Å². The molecule has 5 N–H and O–H groups in total. The van der Waals surface area contributed by atoms with Gasteiger partial charge in [-0.2, -0.15) is 0 Å². The van der Waals surface area contributed by atoms with Crippen LogP contribution in [0.2, 0.25) is 0 Å². The molecule has 124 heavy (non-hydrogen) atoms. The maximum Gasteiger partial charge on any atom is 0.310 e. The number of nitrogens with zero attached hydrogens (tertiary/aromatic N) is 4. The van der Waals surface area contributed by atoms with E-state index in [9.17, 15) is 62.3 Å². The summed E-state index contributed by atoms with van der Waals surface area (Å²) >= 11 is 0. The highest BCUT2D eigenvalue weighted by molar-refractivity contribution is 5.91. The topological polar surface area (TPSA) is 247 Å². The molecular weight excluding hydrogens is 1590 g/mol. The van der Waals surface area contributed by atoms with Crippen LogP contribution in [0.15, 0.2) is 168 Å². The van der Waals surface area contributed by atoms with Gasteiger partial charge in [0, 0.05) is 118 Å². The van der Waals surface area contributed by atoms with E-state index in [0.717, 1.165) is 241 Å². The summed E-state index contributed by atoms with van der Waals surface area (Å²) in [6.07, 6.45) is 9.61. The van der Waals surface area contributed by atoms with E-state index < -0.39 is 45.5 Å². The Morgan fingerprint density at radius 1 is 0.355 bits per heavy atom. The molecule has 2 aliphatic carbocycles. The molecule has 8 aromatic carbocycles. The fourth-order valence-electron chi connectivity index (χ4n) is 18.5. The average Bonchev–Trinajstić information content (AvgIpc) is 1.75. The molecule has 2 saturated carbocycles. The number of halogens is 4. The summed E-state index contributed by atoms with van der Waals surface area (Å²) in [7, 11) is 4.90. The number of carbonyl (C=O) groups is 4. The van der Waals surface area contributed by atoms with Crippen molar-refractivity contribution < 1.29 is 95.4 Å². The molecule has 0 bridgehead atoms. The van der Waals surface area contributed by atoms with Gasteiger partial charge < -0.3 is 78.3 Å². The Balaban J connectivity index is 0.000000128. The predicted molar refractivity (Wildman–Crippen MR) is 462 cm³/mol. The number of carboxylic acid groups (broad SMARTS) is 4. The van der Waals surface area contributed by atoms with Gasteiger partial charge in [-0.3, -0.25) is 19.2 Å². The van der Waals surface area contributed by atoms with Gasteiger partial charge in [0.2, 0.25) is 0 Å². The van der Waals surface area contributed by atoms with Crippen molar-refractivity contribution in [2.24, 2.45) is 21.7 Å². The first-order valence-corrected chi connectivity index (χ1v) is 42.7. The third-order valence-corrected chi connectivity index (χ3v) is 26.1. The lowest BCUT2D eigenvalue weighted by atomic mass is 9.85. The van der Waals surface area contributed by atoms with Crippen LogP contribution in [0.1, 0.15) is 177 Å². The second-order valence-electron chi connectivity index (χ2n) is 35.5. The Morgan fingerprint density at radius 3 is 1.03 bits per heavy atom. The molecule has 18 rings (SSSR count). The molecule has 8 aromatic rings. The van der Waals surface area contributed by atoms with Crippen LogP contribution in [0, 0.1) is 44.9 Å². The monoisotopic (exact) mass is 1700 g/mol. The highest BCUT2D eigenvalue weighted by Gasteiger charge is 2.52. The van der Waals surface area contributed by atoms with Gasteiger partial charge in [0.15, 0.2) is 0 Å². The molecule has 0 atom stereocenters. The van der Waals surface area contributed by atoms with E-state index in [4.69, 9.17) is 33.2 Å². The average molecular weight is 1700 g/mol. The molecule has 24 heteroatoms. The Kier molecular flexibility index (Phi) is 26.1. The van der Waals surface area contributed by atoms with Gasteiger partial charge in [-0.25, -0.2) is 17.6 Å². The zero-order valence-electron chi connectivity index (χ0n) is 71.4. The summed E-state index contributed by atoms with van der Waals surface area (Å²) in [5, 5.41) is 47.5. The standard InChI is InChI=1S/2C25H26FNO4.2C25H28FNO4/c1-30-19-4-2-17-14-31-22-5-3-18(26)12-21(22)23(20(17)13-19)16-6-10-27(11-7-16)15-25(8-9-25)24(28)29;26-19-2-4-20-18(12-19)14-31-22-11-16(13-28)1-3-21(22)23(20)17-5-9-27(10-6-17)15-25(7-8-25)24(29)30;1-25(2,24(28)29)15-27-10-8-16(9-11-27)23-20-6-4-18(26)12-17(20)14-31-22-13-19(30-3)5-7-21(22)23;1-25(2,24(28)29)15-27-10-8-16(9-11-27)23-20-13-19(30-3)6-4-17(20)14-31-22-7-5-18(26)12-21(22)23/h2-5,12-13H,6-11,14-15H2,1H3,(H,28,29);1-4,11-12,28H,5-10,13-15H2,(H,29,30);2*4-7,12-13H,8-11,14-15H2,1-3H3,(H,28,29). The number of aliphatic hydroxyl groups excluding tert-OH is 1. The van der Waals surface area contributed by atoms with Gasteiger partial charge in [0.25, 0.3) is 0 Å². The van der Waals surface area contributed by atoms with Crippen LogP contribution in [-0.4, -0.2) is 169 Å². The molecule has 8 aliphatic heterocycles. The largest absolute Gasteiger partial charge is 0.497 e. The second kappa shape index (κ2) is 36.9. The number of ether oxygens (including phenoxy) is 7. The molecule has 0 unspecified atom stereocenters. The third-order valence-electron chi connectivity index (χ3n) is 26.1. The van der Waals surface area contributed by atoms with Crippen molar-refractivity contribution in [2.75, 3.05) is 99.9 Å². The molecule has 0 radical (unpaired) electrons. The Labute approximate surface area is 720 Å². The van der Waals surface area contributed by atoms with Crippen molar-refractivity contribution in [3.05, 3.63) is 263 Å².